The average molecular weight is 390 g/mol. The number of esters is 1. The van der Waals surface area contributed by atoms with Gasteiger partial charge in [-0.25, -0.2) is 0 Å². The third kappa shape index (κ3) is 4.42. The molecule has 7 heteroatoms. The first kappa shape index (κ1) is 21.6. The number of carbonyl (C=O) groups excluding carboxylic acids is 1. The van der Waals surface area contributed by atoms with E-state index in [-0.39, 0.29) is 17.5 Å². The summed E-state index contributed by atoms with van der Waals surface area (Å²) in [5.41, 5.74) is -0.309. The van der Waals surface area contributed by atoms with E-state index in [0.29, 0.717) is 5.92 Å². The van der Waals surface area contributed by atoms with Gasteiger partial charge >= 0.3 is 16.3 Å². The maximum absolute atomic E-state index is 12.2. The van der Waals surface area contributed by atoms with Crippen molar-refractivity contribution >= 4 is 16.3 Å². The lowest BCUT2D eigenvalue weighted by molar-refractivity contribution is -0.163. The van der Waals surface area contributed by atoms with Gasteiger partial charge in [-0.3, -0.25) is 8.98 Å². The molecule has 0 aromatic carbocycles. The molecule has 0 aliphatic heterocycles. The van der Waals surface area contributed by atoms with Crippen LogP contribution in [0.1, 0.15) is 59.3 Å². The van der Waals surface area contributed by atoms with Gasteiger partial charge in [-0.2, -0.15) is 12.7 Å². The summed E-state index contributed by atoms with van der Waals surface area (Å²) in [5.74, 6) is 3.44. The average Bonchev–Trinajstić information content (AvgIpc) is 3.28. The number of nitrogens with zero attached hydrogens (tertiary/aromatic N) is 1. The first-order valence-electron chi connectivity index (χ1n) is 9.72. The molecular weight excluding hydrogens is 354 g/mol. The minimum absolute atomic E-state index is 0.0251. The van der Waals surface area contributed by atoms with Gasteiger partial charge < -0.3 is 4.74 Å². The molecule has 2 bridgehead atoms. The molecule has 0 radical (unpaired) electrons. The van der Waals surface area contributed by atoms with Crippen LogP contribution in [0.4, 0.5) is 0 Å². The smallest absolute Gasteiger partial charge is 0.337 e. The molecular formula is C19H35NO5S. The van der Waals surface area contributed by atoms with E-state index >= 15 is 0 Å². The number of ether oxygens (including phenoxy) is 1. The molecule has 152 valence electrons. The number of carbonyl (C=O) groups is 1. The number of hydrogen-bond acceptors (Lipinski definition) is 5. The van der Waals surface area contributed by atoms with E-state index in [2.05, 4.69) is 11.1 Å². The molecule has 0 heterocycles. The molecule has 0 aromatic heterocycles. The van der Waals surface area contributed by atoms with Gasteiger partial charge in [0.25, 0.3) is 0 Å². The first-order valence-corrected chi connectivity index (χ1v) is 11.1. The summed E-state index contributed by atoms with van der Waals surface area (Å²) in [5, 5.41) is 0. The molecule has 0 saturated heterocycles. The van der Waals surface area contributed by atoms with Gasteiger partial charge in [0, 0.05) is 14.1 Å². The van der Waals surface area contributed by atoms with Crippen molar-refractivity contribution < 1.29 is 22.1 Å². The highest BCUT2D eigenvalue weighted by Gasteiger charge is 2.55. The Labute approximate surface area is 158 Å². The zero-order valence-corrected chi connectivity index (χ0v) is 17.8. The summed E-state index contributed by atoms with van der Waals surface area (Å²) in [7, 11) is 0.521. The van der Waals surface area contributed by atoms with Crippen LogP contribution in [0, 0.1) is 29.1 Å². The Morgan fingerprint density at radius 1 is 1.12 bits per heavy atom. The maximum atomic E-state index is 12.2. The van der Waals surface area contributed by atoms with Crippen LogP contribution in [-0.4, -0.2) is 46.0 Å². The molecule has 3 aliphatic rings. The molecule has 0 aromatic rings. The summed E-state index contributed by atoms with van der Waals surface area (Å²) < 4.78 is 31.8. The maximum Gasteiger partial charge on any atom is 0.337 e. The largest absolute Gasteiger partial charge is 0.462 e. The standard InChI is InChI=1S/C16H26O2.C3H9NO3S/c1-4-16(2,3)15(17)18-14-9-10-8-13(14)12-7-5-6-11(10)12;1-4(2)8(5,6)7-3/h10-14H,4-9H2,1-3H3;1-3H3. The Balaban J connectivity index is 0.000000260. The predicted octanol–water partition coefficient (Wildman–Crippen LogP) is 3.23. The second-order valence-electron chi connectivity index (χ2n) is 8.74. The Bertz CT molecular complexity index is 601. The number of fused-ring (bicyclic) bond motifs is 5. The third-order valence-electron chi connectivity index (χ3n) is 6.72. The van der Waals surface area contributed by atoms with Crippen LogP contribution in [0.2, 0.25) is 0 Å². The van der Waals surface area contributed by atoms with E-state index in [0.717, 1.165) is 42.0 Å². The van der Waals surface area contributed by atoms with Gasteiger partial charge in [0.1, 0.15) is 6.10 Å². The second-order valence-corrected chi connectivity index (χ2v) is 10.7. The van der Waals surface area contributed by atoms with Gasteiger partial charge in [0.05, 0.1) is 12.5 Å². The summed E-state index contributed by atoms with van der Waals surface area (Å²) in [6.07, 6.45) is 7.82. The van der Waals surface area contributed by atoms with Gasteiger partial charge in [0.15, 0.2) is 0 Å². The quantitative estimate of drug-likeness (QED) is 0.675. The summed E-state index contributed by atoms with van der Waals surface area (Å²) in [6.45, 7) is 6.07. The lowest BCUT2D eigenvalue weighted by Crippen LogP contribution is -2.36. The molecule has 0 N–H and O–H groups in total. The molecule has 3 rings (SSSR count). The molecule has 3 saturated carbocycles. The van der Waals surface area contributed by atoms with E-state index in [9.17, 15) is 13.2 Å². The van der Waals surface area contributed by atoms with Crippen molar-refractivity contribution in [1.29, 1.82) is 0 Å². The van der Waals surface area contributed by atoms with Crippen LogP contribution in [0.15, 0.2) is 0 Å². The van der Waals surface area contributed by atoms with Crippen LogP contribution in [-0.2, 0) is 24.0 Å². The molecule has 0 spiro atoms. The minimum Gasteiger partial charge on any atom is -0.462 e. The monoisotopic (exact) mass is 389 g/mol. The summed E-state index contributed by atoms with van der Waals surface area (Å²) >= 11 is 0. The highest BCUT2D eigenvalue weighted by Crippen LogP contribution is 2.59. The van der Waals surface area contributed by atoms with Crippen LogP contribution in [0.25, 0.3) is 0 Å². The lowest BCUT2D eigenvalue weighted by Gasteiger charge is -2.33. The van der Waals surface area contributed by atoms with Crippen molar-refractivity contribution in [3.8, 4) is 0 Å². The fourth-order valence-electron chi connectivity index (χ4n) is 4.73. The zero-order valence-electron chi connectivity index (χ0n) is 17.0. The molecule has 5 unspecified atom stereocenters. The highest BCUT2D eigenvalue weighted by molar-refractivity contribution is 7.84. The van der Waals surface area contributed by atoms with Crippen LogP contribution in [0.3, 0.4) is 0 Å². The summed E-state index contributed by atoms with van der Waals surface area (Å²) in [4.78, 5) is 12.2. The molecule has 6 nitrogen and oxygen atoms in total. The molecule has 3 aliphatic carbocycles. The molecule has 0 amide bonds. The Morgan fingerprint density at radius 3 is 2.23 bits per heavy atom. The highest BCUT2D eigenvalue weighted by atomic mass is 32.2. The number of rotatable bonds is 5. The normalized spacial score (nSPS) is 33.0. The SMILES string of the molecule is CCC(C)(C)C(=O)OC1CC2CC1C1CCCC21.COS(=O)(=O)N(C)C. The van der Waals surface area contributed by atoms with Gasteiger partial charge in [-0.05, 0) is 69.6 Å². The van der Waals surface area contributed by atoms with E-state index in [1.54, 1.807) is 0 Å². The molecule has 5 atom stereocenters. The topological polar surface area (TPSA) is 72.9 Å². The van der Waals surface area contributed by atoms with Crippen molar-refractivity contribution in [3.63, 3.8) is 0 Å². The fourth-order valence-corrected chi connectivity index (χ4v) is 5.03. The van der Waals surface area contributed by atoms with E-state index in [1.807, 2.05) is 13.8 Å². The van der Waals surface area contributed by atoms with Crippen LogP contribution in [0.5, 0.6) is 0 Å². The summed E-state index contributed by atoms with van der Waals surface area (Å²) in [6, 6.07) is 0. The third-order valence-corrected chi connectivity index (χ3v) is 8.04. The van der Waals surface area contributed by atoms with E-state index in [1.165, 1.54) is 39.8 Å². The minimum atomic E-state index is -3.40. The van der Waals surface area contributed by atoms with Gasteiger partial charge in [-0.1, -0.05) is 13.3 Å². The van der Waals surface area contributed by atoms with Crippen LogP contribution < -0.4 is 0 Å². The van der Waals surface area contributed by atoms with E-state index in [4.69, 9.17) is 4.74 Å². The molecule has 26 heavy (non-hydrogen) atoms. The zero-order chi connectivity index (χ0) is 19.7. The van der Waals surface area contributed by atoms with Crippen LogP contribution >= 0.6 is 0 Å². The second kappa shape index (κ2) is 8.15. The van der Waals surface area contributed by atoms with Crippen molar-refractivity contribution in [1.82, 2.24) is 4.31 Å². The van der Waals surface area contributed by atoms with Gasteiger partial charge in [-0.15, -0.1) is 0 Å². The van der Waals surface area contributed by atoms with Crippen molar-refractivity contribution in [2.24, 2.45) is 29.1 Å². The predicted molar refractivity (Wildman–Crippen MR) is 101 cm³/mol. The fraction of sp³-hybridized carbons (Fsp3) is 0.947. The van der Waals surface area contributed by atoms with Crippen molar-refractivity contribution in [2.75, 3.05) is 21.2 Å². The van der Waals surface area contributed by atoms with E-state index < -0.39 is 10.3 Å². The van der Waals surface area contributed by atoms with Gasteiger partial charge in [0.2, 0.25) is 0 Å². The van der Waals surface area contributed by atoms with Crippen molar-refractivity contribution in [2.45, 2.75) is 65.4 Å². The number of hydrogen-bond donors (Lipinski definition) is 0. The molecule has 3 fully saturated rings. The Kier molecular flexibility index (Phi) is 6.78. The van der Waals surface area contributed by atoms with Crippen molar-refractivity contribution in [3.05, 3.63) is 0 Å². The first-order chi connectivity index (χ1) is 12.0. The lowest BCUT2D eigenvalue weighted by atomic mass is 9.80. The Hall–Kier alpha value is -0.660. The Morgan fingerprint density at radius 2 is 1.73 bits per heavy atom.